The van der Waals surface area contributed by atoms with Crippen molar-refractivity contribution in [2.45, 2.75) is 39.4 Å². The molecular formula is C31H34F4N2O. The molecule has 1 saturated heterocycles. The first kappa shape index (κ1) is 27.8. The van der Waals surface area contributed by atoms with E-state index in [1.165, 1.54) is 36.4 Å². The Morgan fingerprint density at radius 2 is 1.71 bits per heavy atom. The average molecular weight is 527 g/mol. The third-order valence-corrected chi connectivity index (χ3v) is 7.07. The van der Waals surface area contributed by atoms with Gasteiger partial charge in [0.1, 0.15) is 5.82 Å². The monoisotopic (exact) mass is 526 g/mol. The molecule has 1 aliphatic heterocycles. The van der Waals surface area contributed by atoms with Crippen LogP contribution in [0.15, 0.2) is 72.8 Å². The van der Waals surface area contributed by atoms with Crippen LogP contribution in [0.4, 0.5) is 17.6 Å². The maximum atomic E-state index is 13.5. The number of hydrogen-bond donors (Lipinski definition) is 0. The average Bonchev–Trinajstić information content (AvgIpc) is 3.25. The number of carbonyl (C=O) groups is 1. The van der Waals surface area contributed by atoms with Crippen molar-refractivity contribution in [3.63, 3.8) is 0 Å². The standard InChI is InChI=1S/C31H34F4N2O/c1-21(2)16-37(30(38)24-10-12-28(32)13-11-24)19-26-18-36(17-23-7-4-6-22(3)14-23)20-29(26)25-8-5-9-27(15-25)31(33,34)35/h4-15,21,26,29H,16-20H2,1-3H3. The highest BCUT2D eigenvalue weighted by Crippen LogP contribution is 2.37. The molecule has 2 unspecified atom stereocenters. The summed E-state index contributed by atoms with van der Waals surface area (Å²) in [5.74, 6) is -0.650. The van der Waals surface area contributed by atoms with Gasteiger partial charge < -0.3 is 4.90 Å². The summed E-state index contributed by atoms with van der Waals surface area (Å²) in [6.45, 7) is 8.91. The van der Waals surface area contributed by atoms with E-state index in [2.05, 4.69) is 17.0 Å². The maximum absolute atomic E-state index is 13.5. The fourth-order valence-electron chi connectivity index (χ4n) is 5.41. The molecule has 0 aromatic heterocycles. The summed E-state index contributed by atoms with van der Waals surface area (Å²) in [7, 11) is 0. The highest BCUT2D eigenvalue weighted by atomic mass is 19.4. The summed E-state index contributed by atoms with van der Waals surface area (Å²) in [6.07, 6.45) is -4.42. The Kier molecular flexibility index (Phi) is 8.56. The minimum absolute atomic E-state index is 0.0635. The van der Waals surface area contributed by atoms with Crippen LogP contribution in [0.1, 0.15) is 52.4 Å². The number of benzene rings is 3. The molecule has 7 heteroatoms. The highest BCUT2D eigenvalue weighted by Gasteiger charge is 2.38. The van der Waals surface area contributed by atoms with E-state index >= 15 is 0 Å². The molecule has 0 spiro atoms. The number of rotatable bonds is 8. The van der Waals surface area contributed by atoms with Crippen LogP contribution >= 0.6 is 0 Å². The Bertz CT molecular complexity index is 1240. The van der Waals surface area contributed by atoms with Crippen molar-refractivity contribution < 1.29 is 22.4 Å². The van der Waals surface area contributed by atoms with E-state index in [9.17, 15) is 22.4 Å². The summed E-state index contributed by atoms with van der Waals surface area (Å²) >= 11 is 0. The van der Waals surface area contributed by atoms with E-state index in [4.69, 9.17) is 0 Å². The zero-order valence-electron chi connectivity index (χ0n) is 22.0. The number of amides is 1. The number of hydrogen-bond acceptors (Lipinski definition) is 2. The first-order valence-corrected chi connectivity index (χ1v) is 13.0. The smallest absolute Gasteiger partial charge is 0.338 e. The maximum Gasteiger partial charge on any atom is 0.416 e. The molecule has 0 bridgehead atoms. The van der Waals surface area contributed by atoms with Gasteiger partial charge in [-0.05, 0) is 60.2 Å². The van der Waals surface area contributed by atoms with Gasteiger partial charge in [-0.1, -0.05) is 61.9 Å². The lowest BCUT2D eigenvalue weighted by atomic mass is 9.87. The topological polar surface area (TPSA) is 23.6 Å². The summed E-state index contributed by atoms with van der Waals surface area (Å²) in [5.41, 5.74) is 2.68. The molecule has 2 atom stereocenters. The summed E-state index contributed by atoms with van der Waals surface area (Å²) in [4.78, 5) is 17.5. The number of alkyl halides is 3. The number of nitrogens with zero attached hydrogens (tertiary/aromatic N) is 2. The van der Waals surface area contributed by atoms with Crippen molar-refractivity contribution in [2.24, 2.45) is 11.8 Å². The van der Waals surface area contributed by atoms with Crippen molar-refractivity contribution >= 4 is 5.91 Å². The molecule has 1 aliphatic rings. The van der Waals surface area contributed by atoms with Gasteiger partial charge in [0.05, 0.1) is 5.56 Å². The summed E-state index contributed by atoms with van der Waals surface area (Å²) in [5, 5.41) is 0. The molecule has 1 heterocycles. The van der Waals surface area contributed by atoms with Crippen LogP contribution in [-0.4, -0.2) is 41.9 Å². The largest absolute Gasteiger partial charge is 0.416 e. The predicted octanol–water partition coefficient (Wildman–Crippen LogP) is 7.17. The van der Waals surface area contributed by atoms with Crippen molar-refractivity contribution in [3.05, 3.63) is 106 Å². The minimum Gasteiger partial charge on any atom is -0.338 e. The summed E-state index contributed by atoms with van der Waals surface area (Å²) < 4.78 is 54.1. The molecular weight excluding hydrogens is 492 g/mol. The van der Waals surface area contributed by atoms with Crippen LogP contribution in [0.5, 0.6) is 0 Å². The molecule has 3 aromatic rings. The van der Waals surface area contributed by atoms with Gasteiger partial charge >= 0.3 is 6.18 Å². The number of carbonyl (C=O) groups excluding carboxylic acids is 1. The van der Waals surface area contributed by atoms with Gasteiger partial charge in [0.2, 0.25) is 0 Å². The van der Waals surface area contributed by atoms with Crippen LogP contribution in [0.25, 0.3) is 0 Å². The van der Waals surface area contributed by atoms with Gasteiger partial charge in [0.15, 0.2) is 0 Å². The normalized spacial score (nSPS) is 18.2. The van der Waals surface area contributed by atoms with E-state index in [0.717, 1.165) is 17.2 Å². The molecule has 38 heavy (non-hydrogen) atoms. The molecule has 4 rings (SSSR count). The Labute approximate surface area is 222 Å². The Balaban J connectivity index is 1.63. The third kappa shape index (κ3) is 7.01. The van der Waals surface area contributed by atoms with Crippen LogP contribution in [0.3, 0.4) is 0 Å². The van der Waals surface area contributed by atoms with Gasteiger partial charge in [-0.2, -0.15) is 13.2 Å². The SMILES string of the molecule is Cc1cccc(CN2CC(CN(CC(C)C)C(=O)c3ccc(F)cc3)C(c3cccc(C(F)(F)F)c3)C2)c1. The lowest BCUT2D eigenvalue weighted by Crippen LogP contribution is -2.39. The molecule has 202 valence electrons. The van der Waals surface area contributed by atoms with Crippen LogP contribution in [0, 0.1) is 24.6 Å². The molecule has 3 nitrogen and oxygen atoms in total. The lowest BCUT2D eigenvalue weighted by Gasteiger charge is -2.30. The molecule has 1 amide bonds. The predicted molar refractivity (Wildman–Crippen MR) is 141 cm³/mol. The van der Waals surface area contributed by atoms with Gasteiger partial charge in [-0.25, -0.2) is 4.39 Å². The third-order valence-electron chi connectivity index (χ3n) is 7.07. The van der Waals surface area contributed by atoms with E-state index in [1.54, 1.807) is 11.0 Å². The molecule has 0 radical (unpaired) electrons. The van der Waals surface area contributed by atoms with Gasteiger partial charge in [0, 0.05) is 44.2 Å². The lowest BCUT2D eigenvalue weighted by molar-refractivity contribution is -0.137. The van der Waals surface area contributed by atoms with Crippen molar-refractivity contribution in [1.82, 2.24) is 9.80 Å². The van der Waals surface area contributed by atoms with Crippen LogP contribution < -0.4 is 0 Å². The Morgan fingerprint density at radius 1 is 1.00 bits per heavy atom. The molecule has 3 aromatic carbocycles. The molecule has 1 fully saturated rings. The van der Waals surface area contributed by atoms with E-state index < -0.39 is 17.6 Å². The highest BCUT2D eigenvalue weighted by molar-refractivity contribution is 5.94. The van der Waals surface area contributed by atoms with Gasteiger partial charge in [-0.15, -0.1) is 0 Å². The number of halogens is 4. The molecule has 0 saturated carbocycles. The quantitative estimate of drug-likeness (QED) is 0.291. The van der Waals surface area contributed by atoms with Crippen molar-refractivity contribution in [1.29, 1.82) is 0 Å². The van der Waals surface area contributed by atoms with Gasteiger partial charge in [-0.3, -0.25) is 9.69 Å². The zero-order chi connectivity index (χ0) is 27.4. The number of aryl methyl sites for hydroxylation is 1. The first-order chi connectivity index (χ1) is 18.0. The van der Waals surface area contributed by atoms with E-state index in [-0.39, 0.29) is 23.7 Å². The molecule has 0 N–H and O–H groups in total. The Hall–Kier alpha value is -3.19. The minimum atomic E-state index is -4.42. The second kappa shape index (κ2) is 11.7. The second-order valence-electron chi connectivity index (χ2n) is 10.8. The fraction of sp³-hybridized carbons (Fsp3) is 0.387. The van der Waals surface area contributed by atoms with Crippen LogP contribution in [-0.2, 0) is 12.7 Å². The van der Waals surface area contributed by atoms with Gasteiger partial charge in [0.25, 0.3) is 5.91 Å². The fourth-order valence-corrected chi connectivity index (χ4v) is 5.41. The molecule has 0 aliphatic carbocycles. The van der Waals surface area contributed by atoms with Crippen molar-refractivity contribution in [2.75, 3.05) is 26.2 Å². The zero-order valence-corrected chi connectivity index (χ0v) is 22.0. The van der Waals surface area contributed by atoms with E-state index in [1.807, 2.05) is 32.9 Å². The first-order valence-electron chi connectivity index (χ1n) is 13.0. The second-order valence-corrected chi connectivity index (χ2v) is 10.8. The number of likely N-dealkylation sites (tertiary alicyclic amines) is 1. The Morgan fingerprint density at radius 3 is 2.37 bits per heavy atom. The van der Waals surface area contributed by atoms with Crippen molar-refractivity contribution in [3.8, 4) is 0 Å². The summed E-state index contributed by atoms with van der Waals surface area (Å²) in [6, 6.07) is 19.3. The van der Waals surface area contributed by atoms with Crippen LogP contribution in [0.2, 0.25) is 0 Å². The van der Waals surface area contributed by atoms with E-state index in [0.29, 0.717) is 43.9 Å².